The van der Waals surface area contributed by atoms with Gasteiger partial charge in [0.1, 0.15) is 6.61 Å². The second-order valence-electron chi connectivity index (χ2n) is 7.66. The molecule has 0 aromatic heterocycles. The SMILES string of the molecule is CCCOc1ccc(C(=O)N/N=C/c2ccc(OCc3ccccc3Cl)c(OCC)c2)cc1OCC. The van der Waals surface area contributed by atoms with Gasteiger partial charge in [0.2, 0.25) is 0 Å². The van der Waals surface area contributed by atoms with Gasteiger partial charge in [0, 0.05) is 16.1 Å². The van der Waals surface area contributed by atoms with Gasteiger partial charge in [0.05, 0.1) is 26.0 Å². The molecule has 0 saturated carbocycles. The van der Waals surface area contributed by atoms with E-state index in [-0.39, 0.29) is 5.91 Å². The second-order valence-corrected chi connectivity index (χ2v) is 8.07. The van der Waals surface area contributed by atoms with Gasteiger partial charge in [-0.05, 0) is 68.3 Å². The Morgan fingerprint density at radius 1 is 0.861 bits per heavy atom. The van der Waals surface area contributed by atoms with Crippen LogP contribution in [0.4, 0.5) is 0 Å². The zero-order valence-electron chi connectivity index (χ0n) is 20.8. The average molecular weight is 511 g/mol. The van der Waals surface area contributed by atoms with E-state index < -0.39 is 0 Å². The van der Waals surface area contributed by atoms with Crippen molar-refractivity contribution < 1.29 is 23.7 Å². The molecule has 0 atom stereocenters. The van der Waals surface area contributed by atoms with Gasteiger partial charge < -0.3 is 18.9 Å². The number of benzene rings is 3. The number of halogens is 1. The molecule has 0 aliphatic rings. The fourth-order valence-corrected chi connectivity index (χ4v) is 3.43. The first kappa shape index (κ1) is 26.9. The van der Waals surface area contributed by atoms with Gasteiger partial charge in [-0.1, -0.05) is 36.7 Å². The normalized spacial score (nSPS) is 10.8. The van der Waals surface area contributed by atoms with Crippen molar-refractivity contribution in [1.29, 1.82) is 0 Å². The lowest BCUT2D eigenvalue weighted by Crippen LogP contribution is -2.17. The molecule has 0 radical (unpaired) electrons. The lowest BCUT2D eigenvalue weighted by Gasteiger charge is -2.13. The lowest BCUT2D eigenvalue weighted by molar-refractivity contribution is 0.0954. The van der Waals surface area contributed by atoms with Crippen molar-refractivity contribution in [2.45, 2.75) is 33.8 Å². The van der Waals surface area contributed by atoms with Crippen molar-refractivity contribution in [3.8, 4) is 23.0 Å². The summed E-state index contributed by atoms with van der Waals surface area (Å²) < 4.78 is 23.0. The molecule has 0 aliphatic carbocycles. The smallest absolute Gasteiger partial charge is 0.271 e. The molecule has 7 nitrogen and oxygen atoms in total. The van der Waals surface area contributed by atoms with Gasteiger partial charge in [-0.3, -0.25) is 4.79 Å². The fraction of sp³-hybridized carbons (Fsp3) is 0.286. The molecule has 1 N–H and O–H groups in total. The fourth-order valence-electron chi connectivity index (χ4n) is 3.24. The minimum atomic E-state index is -0.362. The highest BCUT2D eigenvalue weighted by Crippen LogP contribution is 2.30. The molecule has 0 saturated heterocycles. The van der Waals surface area contributed by atoms with Gasteiger partial charge in [-0.15, -0.1) is 0 Å². The molecule has 1 amide bonds. The van der Waals surface area contributed by atoms with Crippen LogP contribution in [0, 0.1) is 0 Å². The van der Waals surface area contributed by atoms with Crippen LogP contribution in [0.5, 0.6) is 23.0 Å². The molecular formula is C28H31ClN2O5. The lowest BCUT2D eigenvalue weighted by atomic mass is 10.2. The van der Waals surface area contributed by atoms with Crippen LogP contribution >= 0.6 is 11.6 Å². The van der Waals surface area contributed by atoms with E-state index in [0.29, 0.717) is 60.0 Å². The van der Waals surface area contributed by atoms with Crippen LogP contribution < -0.4 is 24.4 Å². The highest BCUT2D eigenvalue weighted by atomic mass is 35.5. The predicted octanol–water partition coefficient (Wildman–Crippen LogP) is 6.27. The minimum Gasteiger partial charge on any atom is -0.490 e. The molecule has 0 unspecified atom stereocenters. The number of nitrogens with zero attached hydrogens (tertiary/aromatic N) is 1. The summed E-state index contributed by atoms with van der Waals surface area (Å²) in [4.78, 5) is 12.6. The Kier molecular flexibility index (Phi) is 10.5. The topological polar surface area (TPSA) is 78.4 Å². The summed E-state index contributed by atoms with van der Waals surface area (Å²) in [6, 6.07) is 18.0. The molecular weight excluding hydrogens is 480 g/mol. The number of nitrogens with one attached hydrogen (secondary N) is 1. The Morgan fingerprint density at radius 2 is 1.56 bits per heavy atom. The molecule has 3 rings (SSSR count). The van der Waals surface area contributed by atoms with Crippen LogP contribution in [0.15, 0.2) is 65.8 Å². The summed E-state index contributed by atoms with van der Waals surface area (Å²) in [7, 11) is 0. The Morgan fingerprint density at radius 3 is 2.28 bits per heavy atom. The molecule has 0 fully saturated rings. The van der Waals surface area contributed by atoms with Crippen LogP contribution in [0.1, 0.15) is 48.7 Å². The second kappa shape index (κ2) is 14.0. The standard InChI is InChI=1S/C28H31ClN2O5/c1-4-15-35-24-14-12-21(17-27(24)34-6-3)28(32)31-30-18-20-11-13-25(26(16-20)33-5-2)36-19-22-9-7-8-10-23(22)29/h7-14,16-18H,4-6,15,19H2,1-3H3,(H,31,32)/b30-18+. The summed E-state index contributed by atoms with van der Waals surface area (Å²) in [6.45, 7) is 7.63. The maximum absolute atomic E-state index is 12.6. The van der Waals surface area contributed by atoms with Gasteiger partial charge in [0.25, 0.3) is 5.91 Å². The molecule has 0 heterocycles. The monoisotopic (exact) mass is 510 g/mol. The van der Waals surface area contributed by atoms with Gasteiger partial charge in [-0.2, -0.15) is 5.10 Å². The summed E-state index contributed by atoms with van der Waals surface area (Å²) in [5, 5.41) is 4.74. The molecule has 0 aliphatic heterocycles. The molecule has 3 aromatic rings. The number of carbonyl (C=O) groups excluding carboxylic acids is 1. The van der Waals surface area contributed by atoms with Crippen LogP contribution in [-0.2, 0) is 6.61 Å². The van der Waals surface area contributed by atoms with Crippen molar-refractivity contribution in [2.75, 3.05) is 19.8 Å². The molecule has 36 heavy (non-hydrogen) atoms. The highest BCUT2D eigenvalue weighted by Gasteiger charge is 2.12. The first-order chi connectivity index (χ1) is 17.5. The Bertz CT molecular complexity index is 1180. The number of carbonyl (C=O) groups is 1. The van der Waals surface area contributed by atoms with Crippen LogP contribution in [-0.4, -0.2) is 31.9 Å². The summed E-state index contributed by atoms with van der Waals surface area (Å²) >= 11 is 6.22. The minimum absolute atomic E-state index is 0.315. The first-order valence-electron chi connectivity index (χ1n) is 11.9. The van der Waals surface area contributed by atoms with Crippen molar-refractivity contribution in [3.05, 3.63) is 82.4 Å². The summed E-state index contributed by atoms with van der Waals surface area (Å²) in [6.07, 6.45) is 2.42. The number of rotatable bonds is 13. The van der Waals surface area contributed by atoms with Gasteiger partial charge in [-0.25, -0.2) is 5.43 Å². The Hall–Kier alpha value is -3.71. The predicted molar refractivity (Wildman–Crippen MR) is 142 cm³/mol. The largest absolute Gasteiger partial charge is 0.490 e. The van der Waals surface area contributed by atoms with E-state index in [1.54, 1.807) is 36.5 Å². The molecule has 8 heteroatoms. The zero-order valence-corrected chi connectivity index (χ0v) is 21.5. The van der Waals surface area contributed by atoms with Crippen molar-refractivity contribution in [1.82, 2.24) is 5.43 Å². The first-order valence-corrected chi connectivity index (χ1v) is 12.3. The quantitative estimate of drug-likeness (QED) is 0.216. The number of hydrazone groups is 1. The van der Waals surface area contributed by atoms with E-state index in [4.69, 9.17) is 30.5 Å². The maximum atomic E-state index is 12.6. The zero-order chi connectivity index (χ0) is 25.8. The average Bonchev–Trinajstić information content (AvgIpc) is 2.88. The molecule has 0 spiro atoms. The van der Waals surface area contributed by atoms with Gasteiger partial charge in [0.15, 0.2) is 23.0 Å². The third kappa shape index (κ3) is 7.65. The van der Waals surface area contributed by atoms with Crippen molar-refractivity contribution in [3.63, 3.8) is 0 Å². The van der Waals surface area contributed by atoms with E-state index in [1.807, 2.05) is 51.1 Å². The number of amides is 1. The number of ether oxygens (including phenoxy) is 4. The van der Waals surface area contributed by atoms with E-state index in [9.17, 15) is 4.79 Å². The molecule has 190 valence electrons. The molecule has 3 aromatic carbocycles. The van der Waals surface area contributed by atoms with E-state index in [1.165, 1.54) is 0 Å². The summed E-state index contributed by atoms with van der Waals surface area (Å²) in [5.74, 6) is 1.94. The Labute approximate surface area is 217 Å². The van der Waals surface area contributed by atoms with E-state index in [2.05, 4.69) is 10.5 Å². The Balaban J connectivity index is 1.66. The number of hydrogen-bond acceptors (Lipinski definition) is 6. The van der Waals surface area contributed by atoms with E-state index >= 15 is 0 Å². The van der Waals surface area contributed by atoms with Crippen molar-refractivity contribution >= 4 is 23.7 Å². The third-order valence-corrected chi connectivity index (χ3v) is 5.32. The third-order valence-electron chi connectivity index (χ3n) is 4.96. The molecule has 0 bridgehead atoms. The van der Waals surface area contributed by atoms with Crippen molar-refractivity contribution in [2.24, 2.45) is 5.10 Å². The summed E-state index contributed by atoms with van der Waals surface area (Å²) in [5.41, 5.74) is 4.58. The highest BCUT2D eigenvalue weighted by molar-refractivity contribution is 6.31. The van der Waals surface area contributed by atoms with Gasteiger partial charge >= 0.3 is 0 Å². The van der Waals surface area contributed by atoms with Crippen LogP contribution in [0.25, 0.3) is 0 Å². The van der Waals surface area contributed by atoms with Crippen LogP contribution in [0.3, 0.4) is 0 Å². The van der Waals surface area contributed by atoms with Crippen LogP contribution in [0.2, 0.25) is 5.02 Å². The van der Waals surface area contributed by atoms with E-state index in [0.717, 1.165) is 17.5 Å². The number of hydrogen-bond donors (Lipinski definition) is 1. The maximum Gasteiger partial charge on any atom is 0.271 e.